The summed E-state index contributed by atoms with van der Waals surface area (Å²) in [6.45, 7) is 0.305. The fourth-order valence-corrected chi connectivity index (χ4v) is 3.94. The van der Waals surface area contributed by atoms with Crippen LogP contribution in [0.4, 0.5) is 0 Å². The Morgan fingerprint density at radius 1 is 1.03 bits per heavy atom. The Morgan fingerprint density at radius 2 is 1.87 bits per heavy atom. The number of para-hydroxylation sites is 2. The summed E-state index contributed by atoms with van der Waals surface area (Å²) in [5, 5.41) is 9.64. The molecule has 6 nitrogen and oxygen atoms in total. The SMILES string of the molecule is COc1cccc(CNC(=O)c2cn(-c3ccccc3)nc2-c2cccs2)c1OC. The largest absolute Gasteiger partial charge is 0.493 e. The molecule has 0 fully saturated rings. The monoisotopic (exact) mass is 419 g/mol. The van der Waals surface area contributed by atoms with Crippen molar-refractivity contribution in [2.75, 3.05) is 14.2 Å². The van der Waals surface area contributed by atoms with Gasteiger partial charge < -0.3 is 14.8 Å². The fraction of sp³-hybridized carbons (Fsp3) is 0.130. The summed E-state index contributed by atoms with van der Waals surface area (Å²) >= 11 is 1.55. The lowest BCUT2D eigenvalue weighted by Crippen LogP contribution is -2.23. The molecule has 0 saturated heterocycles. The molecule has 7 heteroatoms. The maximum Gasteiger partial charge on any atom is 0.255 e. The van der Waals surface area contributed by atoms with E-state index in [0.29, 0.717) is 29.3 Å². The molecule has 2 heterocycles. The molecule has 0 aliphatic heterocycles. The quantitative estimate of drug-likeness (QED) is 0.477. The predicted molar refractivity (Wildman–Crippen MR) is 118 cm³/mol. The third-order valence-electron chi connectivity index (χ3n) is 4.66. The second kappa shape index (κ2) is 8.84. The van der Waals surface area contributed by atoms with Crippen LogP contribution in [0.1, 0.15) is 15.9 Å². The molecule has 0 aliphatic carbocycles. The van der Waals surface area contributed by atoms with Gasteiger partial charge in [0.1, 0.15) is 5.69 Å². The van der Waals surface area contributed by atoms with E-state index in [0.717, 1.165) is 16.1 Å². The van der Waals surface area contributed by atoms with E-state index in [-0.39, 0.29) is 5.91 Å². The number of hydrogen-bond donors (Lipinski definition) is 1. The topological polar surface area (TPSA) is 65.4 Å². The lowest BCUT2D eigenvalue weighted by atomic mass is 10.1. The number of rotatable bonds is 7. The zero-order valence-corrected chi connectivity index (χ0v) is 17.5. The Bertz CT molecular complexity index is 1140. The van der Waals surface area contributed by atoms with Crippen LogP contribution in [0.25, 0.3) is 16.3 Å². The number of carbonyl (C=O) groups excluding carboxylic acids is 1. The van der Waals surface area contributed by atoms with E-state index in [2.05, 4.69) is 10.4 Å². The second-order valence-corrected chi connectivity index (χ2v) is 7.43. The third kappa shape index (κ3) is 3.92. The summed E-state index contributed by atoms with van der Waals surface area (Å²) in [6, 6.07) is 19.2. The van der Waals surface area contributed by atoms with Crippen LogP contribution in [-0.4, -0.2) is 29.9 Å². The standard InChI is InChI=1S/C23H21N3O3S/c1-28-19-11-6-8-16(22(19)29-2)14-24-23(27)18-15-26(17-9-4-3-5-10-17)25-21(18)20-12-7-13-30-20/h3-13,15H,14H2,1-2H3,(H,24,27). The number of aromatic nitrogens is 2. The lowest BCUT2D eigenvalue weighted by Gasteiger charge is -2.13. The van der Waals surface area contributed by atoms with E-state index in [1.807, 2.05) is 66.0 Å². The van der Waals surface area contributed by atoms with Gasteiger partial charge >= 0.3 is 0 Å². The summed E-state index contributed by atoms with van der Waals surface area (Å²) in [5.41, 5.74) is 2.90. The molecule has 2 aromatic heterocycles. The van der Waals surface area contributed by atoms with Crippen molar-refractivity contribution in [3.8, 4) is 27.8 Å². The first-order valence-electron chi connectivity index (χ1n) is 9.38. The Hall–Kier alpha value is -3.58. The molecule has 0 aliphatic rings. The number of thiophene rings is 1. The Morgan fingerprint density at radius 3 is 2.57 bits per heavy atom. The molecule has 4 rings (SSSR count). The molecule has 152 valence electrons. The van der Waals surface area contributed by atoms with Crippen LogP contribution in [-0.2, 0) is 6.54 Å². The number of ether oxygens (including phenoxy) is 2. The first-order valence-corrected chi connectivity index (χ1v) is 10.3. The smallest absolute Gasteiger partial charge is 0.255 e. The van der Waals surface area contributed by atoms with E-state index in [4.69, 9.17) is 9.47 Å². The van der Waals surface area contributed by atoms with Gasteiger partial charge in [0.2, 0.25) is 0 Å². The molecule has 0 bridgehead atoms. The summed E-state index contributed by atoms with van der Waals surface area (Å²) in [7, 11) is 3.17. The van der Waals surface area contributed by atoms with E-state index in [1.165, 1.54) is 0 Å². The van der Waals surface area contributed by atoms with Crippen molar-refractivity contribution >= 4 is 17.2 Å². The Kier molecular flexibility index (Phi) is 5.81. The van der Waals surface area contributed by atoms with Crippen molar-refractivity contribution < 1.29 is 14.3 Å². The predicted octanol–water partition coefficient (Wildman–Crippen LogP) is 4.55. The van der Waals surface area contributed by atoms with Crippen molar-refractivity contribution in [3.05, 3.63) is 83.4 Å². The van der Waals surface area contributed by atoms with Crippen LogP contribution in [0, 0.1) is 0 Å². The van der Waals surface area contributed by atoms with E-state index >= 15 is 0 Å². The summed E-state index contributed by atoms with van der Waals surface area (Å²) in [4.78, 5) is 14.0. The van der Waals surface area contributed by atoms with Gasteiger partial charge in [-0.3, -0.25) is 4.79 Å². The molecule has 30 heavy (non-hydrogen) atoms. The van der Waals surface area contributed by atoms with Gasteiger partial charge in [0.05, 0.1) is 30.3 Å². The summed E-state index contributed by atoms with van der Waals surface area (Å²) in [5.74, 6) is 1.03. The number of methoxy groups -OCH3 is 2. The molecule has 1 amide bonds. The molecule has 2 aromatic carbocycles. The zero-order valence-electron chi connectivity index (χ0n) is 16.7. The maximum absolute atomic E-state index is 13.1. The van der Waals surface area contributed by atoms with Crippen LogP contribution in [0.3, 0.4) is 0 Å². The Balaban J connectivity index is 1.63. The molecule has 0 unspecified atom stereocenters. The van der Waals surface area contributed by atoms with Crippen molar-refractivity contribution in [2.45, 2.75) is 6.54 Å². The molecule has 0 radical (unpaired) electrons. The van der Waals surface area contributed by atoms with Gasteiger partial charge in [0.25, 0.3) is 5.91 Å². The minimum absolute atomic E-state index is 0.203. The average molecular weight is 420 g/mol. The highest BCUT2D eigenvalue weighted by molar-refractivity contribution is 7.13. The van der Waals surface area contributed by atoms with Gasteiger partial charge in [-0.2, -0.15) is 5.10 Å². The maximum atomic E-state index is 13.1. The van der Waals surface area contributed by atoms with Crippen LogP contribution in [0.15, 0.2) is 72.2 Å². The van der Waals surface area contributed by atoms with E-state index < -0.39 is 0 Å². The van der Waals surface area contributed by atoms with Crippen LogP contribution in [0.5, 0.6) is 11.5 Å². The number of nitrogens with one attached hydrogen (secondary N) is 1. The summed E-state index contributed by atoms with van der Waals surface area (Å²) in [6.07, 6.45) is 1.77. The molecule has 1 N–H and O–H groups in total. The fourth-order valence-electron chi connectivity index (χ4n) is 3.21. The molecular weight excluding hydrogens is 398 g/mol. The number of hydrogen-bond acceptors (Lipinski definition) is 5. The second-order valence-electron chi connectivity index (χ2n) is 6.48. The minimum Gasteiger partial charge on any atom is -0.493 e. The van der Waals surface area contributed by atoms with Crippen molar-refractivity contribution in [1.82, 2.24) is 15.1 Å². The molecular formula is C23H21N3O3S. The molecule has 0 spiro atoms. The van der Waals surface area contributed by atoms with Crippen molar-refractivity contribution in [3.63, 3.8) is 0 Å². The summed E-state index contributed by atoms with van der Waals surface area (Å²) < 4.78 is 12.5. The average Bonchev–Trinajstić information content (AvgIpc) is 3.47. The normalized spacial score (nSPS) is 10.6. The number of carbonyl (C=O) groups is 1. The zero-order chi connectivity index (χ0) is 20.9. The molecule has 0 saturated carbocycles. The van der Waals surface area contributed by atoms with Gasteiger partial charge in [-0.1, -0.05) is 36.4 Å². The van der Waals surface area contributed by atoms with E-state index in [1.54, 1.807) is 36.4 Å². The van der Waals surface area contributed by atoms with Crippen LogP contribution < -0.4 is 14.8 Å². The highest BCUT2D eigenvalue weighted by Gasteiger charge is 2.20. The highest BCUT2D eigenvalue weighted by Crippen LogP contribution is 2.31. The lowest BCUT2D eigenvalue weighted by molar-refractivity contribution is 0.0951. The van der Waals surface area contributed by atoms with Crippen LogP contribution >= 0.6 is 11.3 Å². The van der Waals surface area contributed by atoms with Gasteiger partial charge in [0.15, 0.2) is 11.5 Å². The number of benzene rings is 2. The first kappa shape index (κ1) is 19.7. The first-order chi connectivity index (χ1) is 14.7. The van der Waals surface area contributed by atoms with Gasteiger partial charge in [-0.15, -0.1) is 11.3 Å². The van der Waals surface area contributed by atoms with Crippen LogP contribution in [0.2, 0.25) is 0 Å². The Labute approximate surface area is 178 Å². The minimum atomic E-state index is -0.203. The van der Waals surface area contributed by atoms with Crippen molar-refractivity contribution in [2.24, 2.45) is 0 Å². The number of amides is 1. The van der Waals surface area contributed by atoms with Gasteiger partial charge in [-0.05, 0) is 29.6 Å². The van der Waals surface area contributed by atoms with E-state index in [9.17, 15) is 4.79 Å². The third-order valence-corrected chi connectivity index (χ3v) is 5.53. The number of nitrogens with zero attached hydrogens (tertiary/aromatic N) is 2. The van der Waals surface area contributed by atoms with Crippen molar-refractivity contribution in [1.29, 1.82) is 0 Å². The highest BCUT2D eigenvalue weighted by atomic mass is 32.1. The van der Waals surface area contributed by atoms with Gasteiger partial charge in [0, 0.05) is 18.3 Å². The molecule has 4 aromatic rings. The molecule has 0 atom stereocenters. The van der Waals surface area contributed by atoms with Gasteiger partial charge in [-0.25, -0.2) is 4.68 Å².